The zero-order chi connectivity index (χ0) is 13.7. The first-order chi connectivity index (χ1) is 9.15. The summed E-state index contributed by atoms with van der Waals surface area (Å²) in [6.07, 6.45) is 5.03. The van der Waals surface area contributed by atoms with E-state index in [9.17, 15) is 4.79 Å². The van der Waals surface area contributed by atoms with Crippen LogP contribution in [0.5, 0.6) is 0 Å². The SMILES string of the molecule is Cc1cccc(CN(C)C(=O)CNC2CCCC2)c1. The Morgan fingerprint density at radius 3 is 2.79 bits per heavy atom. The Hall–Kier alpha value is -1.35. The number of carbonyl (C=O) groups excluding carboxylic acids is 1. The van der Waals surface area contributed by atoms with Crippen molar-refractivity contribution >= 4 is 5.91 Å². The third-order valence-corrected chi connectivity index (χ3v) is 3.83. The fourth-order valence-corrected chi connectivity index (χ4v) is 2.67. The van der Waals surface area contributed by atoms with Crippen molar-refractivity contribution in [1.29, 1.82) is 0 Å². The molecular weight excluding hydrogens is 236 g/mol. The molecule has 0 saturated heterocycles. The summed E-state index contributed by atoms with van der Waals surface area (Å²) in [5.74, 6) is 0.174. The first-order valence-corrected chi connectivity index (χ1v) is 7.18. The van der Waals surface area contributed by atoms with Crippen molar-refractivity contribution in [3.63, 3.8) is 0 Å². The van der Waals surface area contributed by atoms with Crippen LogP contribution in [0.4, 0.5) is 0 Å². The van der Waals surface area contributed by atoms with Crippen molar-refractivity contribution in [3.8, 4) is 0 Å². The van der Waals surface area contributed by atoms with Gasteiger partial charge in [-0.25, -0.2) is 0 Å². The Labute approximate surface area is 116 Å². The van der Waals surface area contributed by atoms with Crippen LogP contribution >= 0.6 is 0 Å². The summed E-state index contributed by atoms with van der Waals surface area (Å²) in [6.45, 7) is 3.23. The minimum absolute atomic E-state index is 0.174. The molecule has 1 aliphatic carbocycles. The van der Waals surface area contributed by atoms with E-state index in [2.05, 4.69) is 30.4 Å². The molecule has 0 aromatic heterocycles. The highest BCUT2D eigenvalue weighted by Gasteiger charge is 2.16. The molecule has 1 saturated carbocycles. The van der Waals surface area contributed by atoms with Crippen molar-refractivity contribution in [1.82, 2.24) is 10.2 Å². The van der Waals surface area contributed by atoms with Gasteiger partial charge in [-0.05, 0) is 25.3 Å². The van der Waals surface area contributed by atoms with Gasteiger partial charge in [0.05, 0.1) is 6.54 Å². The van der Waals surface area contributed by atoms with Gasteiger partial charge in [0.1, 0.15) is 0 Å². The summed E-state index contributed by atoms with van der Waals surface area (Å²) >= 11 is 0. The lowest BCUT2D eigenvalue weighted by Gasteiger charge is -2.19. The Kier molecular flexibility index (Phi) is 4.97. The molecule has 3 nitrogen and oxygen atoms in total. The highest BCUT2D eigenvalue weighted by molar-refractivity contribution is 5.78. The van der Waals surface area contributed by atoms with E-state index in [1.54, 1.807) is 4.90 Å². The van der Waals surface area contributed by atoms with Crippen LogP contribution in [0.15, 0.2) is 24.3 Å². The molecule has 2 rings (SSSR count). The summed E-state index contributed by atoms with van der Waals surface area (Å²) in [4.78, 5) is 13.9. The number of hydrogen-bond donors (Lipinski definition) is 1. The predicted molar refractivity (Wildman–Crippen MR) is 77.9 cm³/mol. The van der Waals surface area contributed by atoms with Crippen molar-refractivity contribution in [2.75, 3.05) is 13.6 Å². The number of likely N-dealkylation sites (N-methyl/N-ethyl adjacent to an activating group) is 1. The second-order valence-electron chi connectivity index (χ2n) is 5.60. The minimum Gasteiger partial charge on any atom is -0.340 e. The lowest BCUT2D eigenvalue weighted by molar-refractivity contribution is -0.129. The maximum absolute atomic E-state index is 12.1. The van der Waals surface area contributed by atoms with Crippen LogP contribution < -0.4 is 5.32 Å². The fourth-order valence-electron chi connectivity index (χ4n) is 2.67. The Balaban J connectivity index is 1.78. The van der Waals surface area contributed by atoms with Gasteiger partial charge < -0.3 is 10.2 Å². The van der Waals surface area contributed by atoms with E-state index in [1.807, 2.05) is 13.1 Å². The summed E-state index contributed by atoms with van der Waals surface area (Å²) < 4.78 is 0. The third-order valence-electron chi connectivity index (χ3n) is 3.83. The topological polar surface area (TPSA) is 32.3 Å². The van der Waals surface area contributed by atoms with E-state index in [0.717, 1.165) is 0 Å². The van der Waals surface area contributed by atoms with Gasteiger partial charge in [0.2, 0.25) is 5.91 Å². The molecule has 0 unspecified atom stereocenters. The average Bonchev–Trinajstić information content (AvgIpc) is 2.89. The molecule has 3 heteroatoms. The minimum atomic E-state index is 0.174. The third kappa shape index (κ3) is 4.35. The highest BCUT2D eigenvalue weighted by atomic mass is 16.2. The number of nitrogens with zero attached hydrogens (tertiary/aromatic N) is 1. The van der Waals surface area contributed by atoms with Gasteiger partial charge in [-0.2, -0.15) is 0 Å². The number of amides is 1. The molecule has 104 valence electrons. The summed E-state index contributed by atoms with van der Waals surface area (Å²) in [5, 5.41) is 3.37. The normalized spacial score (nSPS) is 15.7. The number of nitrogens with one attached hydrogen (secondary N) is 1. The van der Waals surface area contributed by atoms with Crippen LogP contribution in [0.1, 0.15) is 36.8 Å². The summed E-state index contributed by atoms with van der Waals surface area (Å²) in [7, 11) is 1.88. The van der Waals surface area contributed by atoms with E-state index in [4.69, 9.17) is 0 Å². The molecule has 19 heavy (non-hydrogen) atoms. The van der Waals surface area contributed by atoms with Gasteiger partial charge in [-0.3, -0.25) is 4.79 Å². The molecule has 0 aliphatic heterocycles. The van der Waals surface area contributed by atoms with E-state index >= 15 is 0 Å². The van der Waals surface area contributed by atoms with Crippen molar-refractivity contribution < 1.29 is 4.79 Å². The Bertz CT molecular complexity index is 425. The fraction of sp³-hybridized carbons (Fsp3) is 0.562. The molecule has 1 aromatic rings. The number of aryl methyl sites for hydroxylation is 1. The first-order valence-electron chi connectivity index (χ1n) is 7.18. The maximum atomic E-state index is 12.1. The molecule has 1 aliphatic rings. The van der Waals surface area contributed by atoms with Gasteiger partial charge in [-0.15, -0.1) is 0 Å². The smallest absolute Gasteiger partial charge is 0.236 e. The monoisotopic (exact) mass is 260 g/mol. The lowest BCUT2D eigenvalue weighted by atomic mass is 10.1. The number of rotatable bonds is 5. The second-order valence-corrected chi connectivity index (χ2v) is 5.60. The number of carbonyl (C=O) groups is 1. The molecule has 0 radical (unpaired) electrons. The largest absolute Gasteiger partial charge is 0.340 e. The van der Waals surface area contributed by atoms with E-state index in [-0.39, 0.29) is 5.91 Å². The molecule has 1 fully saturated rings. The predicted octanol–water partition coefficient (Wildman–Crippen LogP) is 2.49. The molecular formula is C16H24N2O. The maximum Gasteiger partial charge on any atom is 0.236 e. The van der Waals surface area contributed by atoms with Crippen LogP contribution in [0.25, 0.3) is 0 Å². The highest BCUT2D eigenvalue weighted by Crippen LogP contribution is 2.17. The van der Waals surface area contributed by atoms with Crippen LogP contribution in [0, 0.1) is 6.92 Å². The van der Waals surface area contributed by atoms with Crippen molar-refractivity contribution in [2.45, 2.75) is 45.2 Å². The van der Waals surface area contributed by atoms with Crippen LogP contribution in [0.3, 0.4) is 0 Å². The summed E-state index contributed by atoms with van der Waals surface area (Å²) in [5.41, 5.74) is 2.43. The van der Waals surface area contributed by atoms with E-state index in [1.165, 1.54) is 36.8 Å². The van der Waals surface area contributed by atoms with E-state index in [0.29, 0.717) is 19.1 Å². The zero-order valence-corrected chi connectivity index (χ0v) is 12.0. The lowest BCUT2D eigenvalue weighted by Crippen LogP contribution is -2.38. The number of hydrogen-bond acceptors (Lipinski definition) is 2. The Morgan fingerprint density at radius 1 is 1.37 bits per heavy atom. The van der Waals surface area contributed by atoms with Gasteiger partial charge in [0.25, 0.3) is 0 Å². The second kappa shape index (κ2) is 6.71. The van der Waals surface area contributed by atoms with Gasteiger partial charge >= 0.3 is 0 Å². The quantitative estimate of drug-likeness (QED) is 0.882. The average molecular weight is 260 g/mol. The van der Waals surface area contributed by atoms with Gasteiger partial charge in [0.15, 0.2) is 0 Å². The number of benzene rings is 1. The van der Waals surface area contributed by atoms with Gasteiger partial charge in [-0.1, -0.05) is 42.7 Å². The van der Waals surface area contributed by atoms with Crippen LogP contribution in [-0.4, -0.2) is 30.4 Å². The van der Waals surface area contributed by atoms with Crippen LogP contribution in [0.2, 0.25) is 0 Å². The molecule has 0 atom stereocenters. The van der Waals surface area contributed by atoms with Crippen molar-refractivity contribution in [2.24, 2.45) is 0 Å². The standard InChI is InChI=1S/C16H24N2O/c1-13-6-5-7-14(10-13)12-18(2)16(19)11-17-15-8-3-4-9-15/h5-7,10,15,17H,3-4,8-9,11-12H2,1-2H3. The van der Waals surface area contributed by atoms with Gasteiger partial charge in [0, 0.05) is 19.6 Å². The summed E-state index contributed by atoms with van der Waals surface area (Å²) in [6, 6.07) is 8.87. The molecule has 0 heterocycles. The molecule has 0 spiro atoms. The Morgan fingerprint density at radius 2 is 2.11 bits per heavy atom. The molecule has 1 aromatic carbocycles. The van der Waals surface area contributed by atoms with Crippen molar-refractivity contribution in [3.05, 3.63) is 35.4 Å². The first kappa shape index (κ1) is 14.1. The molecule has 0 bridgehead atoms. The zero-order valence-electron chi connectivity index (χ0n) is 12.0. The van der Waals surface area contributed by atoms with Crippen LogP contribution in [-0.2, 0) is 11.3 Å². The molecule has 1 amide bonds. The van der Waals surface area contributed by atoms with E-state index < -0.39 is 0 Å². The molecule has 1 N–H and O–H groups in total.